The molecule has 0 aliphatic rings. The van der Waals surface area contributed by atoms with Crippen LogP contribution in [0.15, 0.2) is 0 Å². The zero-order valence-corrected chi connectivity index (χ0v) is 5.51. The fourth-order valence-corrected chi connectivity index (χ4v) is 0. The van der Waals surface area contributed by atoms with Gasteiger partial charge >= 0.3 is 26.7 Å². The third kappa shape index (κ3) is 533. The Bertz CT molecular complexity index is 64.7. The van der Waals surface area contributed by atoms with Crippen molar-refractivity contribution in [2.24, 2.45) is 0 Å². The predicted molar refractivity (Wildman–Crippen MR) is 25.4 cm³/mol. The van der Waals surface area contributed by atoms with Crippen molar-refractivity contribution >= 4 is 7.82 Å². The van der Waals surface area contributed by atoms with Gasteiger partial charge in [0.15, 0.2) is 0 Å². The molecule has 0 aliphatic heterocycles. The summed E-state index contributed by atoms with van der Waals surface area (Å²) in [5.74, 6) is 0. The summed E-state index contributed by atoms with van der Waals surface area (Å²) in [6.07, 6.45) is 0. The van der Waals surface area contributed by atoms with Crippen molar-refractivity contribution in [1.29, 1.82) is 0 Å². The molecule has 0 fully saturated rings. The maximum absolute atomic E-state index is 8.88. The van der Waals surface area contributed by atoms with Crippen LogP contribution < -0.4 is 31.2 Å². The Kier molecular flexibility index (Phi) is 22.3. The van der Waals surface area contributed by atoms with E-state index in [4.69, 9.17) is 19.2 Å². The molecule has 0 atom stereocenters. The van der Waals surface area contributed by atoms with Gasteiger partial charge in [-0.05, 0) is 0 Å². The summed E-state index contributed by atoms with van der Waals surface area (Å²) in [5, 5.41) is 0. The first kappa shape index (κ1) is 23.4. The van der Waals surface area contributed by atoms with Gasteiger partial charge in [0.1, 0.15) is 0 Å². The SMILES string of the molecule is N.N.O=P(O)(O)O.[H-].[Li+]. The smallest absolute Gasteiger partial charge is 1.00 e. The molecular formula is H10LiN2O4P. The molecule has 0 radical (unpaired) electrons. The Balaban J connectivity index is -0.0000000133. The third-order valence-electron chi connectivity index (χ3n) is 0. The van der Waals surface area contributed by atoms with Crippen LogP contribution in [-0.4, -0.2) is 14.7 Å². The molecule has 8 heteroatoms. The van der Waals surface area contributed by atoms with Crippen molar-refractivity contribution in [3.63, 3.8) is 0 Å². The zero-order chi connectivity index (χ0) is 4.50. The van der Waals surface area contributed by atoms with E-state index in [1.807, 2.05) is 0 Å². The van der Waals surface area contributed by atoms with Gasteiger partial charge < -0.3 is 28.4 Å². The molecule has 0 saturated heterocycles. The Labute approximate surface area is 60.4 Å². The van der Waals surface area contributed by atoms with Crippen molar-refractivity contribution in [1.82, 2.24) is 12.3 Å². The Morgan fingerprint density at radius 2 is 1.12 bits per heavy atom. The minimum absolute atomic E-state index is 0. The fourth-order valence-electron chi connectivity index (χ4n) is 0. The van der Waals surface area contributed by atoms with Gasteiger partial charge in [0.05, 0.1) is 0 Å². The maximum atomic E-state index is 8.88. The standard InChI is InChI=1S/Li.2H3N.H3O4P.H/c;;;1-5(2,3)4;/h;2*1H3;(H3,1,2,3,4);/q+1;;;;-1. The second-order valence-corrected chi connectivity index (χ2v) is 1.54. The van der Waals surface area contributed by atoms with Crippen LogP contribution in [0.4, 0.5) is 0 Å². The maximum Gasteiger partial charge on any atom is 1.00 e. The van der Waals surface area contributed by atoms with Crippen LogP contribution in [0.5, 0.6) is 0 Å². The van der Waals surface area contributed by atoms with Gasteiger partial charge in [0.25, 0.3) is 0 Å². The summed E-state index contributed by atoms with van der Waals surface area (Å²) >= 11 is 0. The molecule has 9 N–H and O–H groups in total. The minimum Gasteiger partial charge on any atom is -1.00 e. The molecule has 0 rings (SSSR count). The quantitative estimate of drug-likeness (QED) is 0.174. The molecule has 8 heavy (non-hydrogen) atoms. The number of phosphoric acid groups is 1. The molecule has 0 spiro atoms. The molecular weight excluding hydrogens is 130 g/mol. The van der Waals surface area contributed by atoms with Gasteiger partial charge in [-0.25, -0.2) is 4.57 Å². The van der Waals surface area contributed by atoms with E-state index in [2.05, 4.69) is 0 Å². The van der Waals surface area contributed by atoms with Crippen molar-refractivity contribution in [3.05, 3.63) is 0 Å². The van der Waals surface area contributed by atoms with Crippen LogP contribution in [0.2, 0.25) is 0 Å². The van der Waals surface area contributed by atoms with Gasteiger partial charge in [0, 0.05) is 0 Å². The van der Waals surface area contributed by atoms with Crippen LogP contribution in [0.3, 0.4) is 0 Å². The fraction of sp³-hybridized carbons (Fsp3) is 0. The summed E-state index contributed by atoms with van der Waals surface area (Å²) in [6.45, 7) is 0. The van der Waals surface area contributed by atoms with E-state index in [1.165, 1.54) is 0 Å². The summed E-state index contributed by atoms with van der Waals surface area (Å²) in [4.78, 5) is 21.6. The van der Waals surface area contributed by atoms with Gasteiger partial charge in [-0.3, -0.25) is 0 Å². The van der Waals surface area contributed by atoms with Gasteiger partial charge in [-0.15, -0.1) is 0 Å². The van der Waals surface area contributed by atoms with E-state index in [1.54, 1.807) is 0 Å². The molecule has 6 nitrogen and oxygen atoms in total. The minimum atomic E-state index is -4.64. The second kappa shape index (κ2) is 7.63. The van der Waals surface area contributed by atoms with Crippen molar-refractivity contribution < 1.29 is 39.5 Å². The average molecular weight is 140 g/mol. The largest absolute Gasteiger partial charge is 1.00 e. The van der Waals surface area contributed by atoms with E-state index >= 15 is 0 Å². The van der Waals surface area contributed by atoms with Gasteiger partial charge in [0.2, 0.25) is 0 Å². The first-order valence-corrected chi connectivity index (χ1v) is 2.35. The monoisotopic (exact) mass is 140 g/mol. The van der Waals surface area contributed by atoms with E-state index in [0.717, 1.165) is 0 Å². The molecule has 0 amide bonds. The molecule has 0 unspecified atom stereocenters. The topological polar surface area (TPSA) is 148 Å². The zero-order valence-electron chi connectivity index (χ0n) is 5.61. The van der Waals surface area contributed by atoms with Gasteiger partial charge in [-0.2, -0.15) is 0 Å². The second-order valence-electron chi connectivity index (χ2n) is 0.513. The molecule has 0 bridgehead atoms. The Morgan fingerprint density at radius 3 is 1.12 bits per heavy atom. The Morgan fingerprint density at radius 1 is 1.12 bits per heavy atom. The first-order chi connectivity index (χ1) is 2.00. The molecule has 50 valence electrons. The van der Waals surface area contributed by atoms with Crippen molar-refractivity contribution in [2.75, 3.05) is 0 Å². The number of hydrogen-bond acceptors (Lipinski definition) is 3. The number of hydrogen-bond donors (Lipinski definition) is 5. The van der Waals surface area contributed by atoms with Crippen molar-refractivity contribution in [2.45, 2.75) is 0 Å². The third-order valence-corrected chi connectivity index (χ3v) is 0. The molecule has 0 aromatic rings. The van der Waals surface area contributed by atoms with E-state index in [0.29, 0.717) is 0 Å². The average Bonchev–Trinajstić information content (AvgIpc) is 0.722. The Hall–Kier alpha value is 0.627. The van der Waals surface area contributed by atoms with Crippen LogP contribution in [0.25, 0.3) is 0 Å². The summed E-state index contributed by atoms with van der Waals surface area (Å²) in [5.41, 5.74) is 0. The van der Waals surface area contributed by atoms with E-state index < -0.39 is 7.82 Å². The molecule has 0 aliphatic carbocycles. The first-order valence-electron chi connectivity index (χ1n) is 0.783. The van der Waals surface area contributed by atoms with E-state index in [9.17, 15) is 0 Å². The normalized spacial score (nSPS) is 7.38. The van der Waals surface area contributed by atoms with Crippen LogP contribution in [-0.2, 0) is 4.57 Å². The summed E-state index contributed by atoms with van der Waals surface area (Å²) < 4.78 is 8.88. The van der Waals surface area contributed by atoms with Crippen LogP contribution >= 0.6 is 7.82 Å². The molecule has 0 heterocycles. The van der Waals surface area contributed by atoms with Crippen LogP contribution in [0, 0.1) is 0 Å². The molecule has 0 saturated carbocycles. The summed E-state index contributed by atoms with van der Waals surface area (Å²) in [7, 11) is -4.64. The predicted octanol–water partition coefficient (Wildman–Crippen LogP) is -3.49. The number of rotatable bonds is 0. The van der Waals surface area contributed by atoms with Crippen molar-refractivity contribution in [3.8, 4) is 0 Å². The summed E-state index contributed by atoms with van der Waals surface area (Å²) in [6, 6.07) is 0. The van der Waals surface area contributed by atoms with Crippen LogP contribution in [0.1, 0.15) is 1.43 Å². The van der Waals surface area contributed by atoms with E-state index in [-0.39, 0.29) is 32.6 Å². The molecule has 0 aromatic carbocycles. The van der Waals surface area contributed by atoms with Gasteiger partial charge in [-0.1, -0.05) is 0 Å². The molecule has 0 aromatic heterocycles.